The molecule has 0 radical (unpaired) electrons. The second-order valence-corrected chi connectivity index (χ2v) is 7.88. The molecule has 1 saturated heterocycles. The number of hydrogen-bond acceptors (Lipinski definition) is 5. The summed E-state index contributed by atoms with van der Waals surface area (Å²) in [6, 6.07) is 6.67. The van der Waals surface area contributed by atoms with Crippen LogP contribution in [-0.4, -0.2) is 54.2 Å². The molecule has 5 nitrogen and oxygen atoms in total. The Balaban J connectivity index is 1.24. The Kier molecular flexibility index (Phi) is 5.33. The van der Waals surface area contributed by atoms with E-state index in [2.05, 4.69) is 15.1 Å². The number of benzene rings is 1. The van der Waals surface area contributed by atoms with Crippen molar-refractivity contribution in [3.05, 3.63) is 57.5 Å². The van der Waals surface area contributed by atoms with Crippen LogP contribution in [0, 0.1) is 5.82 Å². The van der Waals surface area contributed by atoms with E-state index in [1.165, 1.54) is 17.4 Å². The number of nitrogens with one attached hydrogen (secondary N) is 1. The minimum Gasteiger partial charge on any atom is -0.348 e. The number of thiophene rings is 1. The summed E-state index contributed by atoms with van der Waals surface area (Å²) in [5.74, 6) is -0.106. The maximum absolute atomic E-state index is 13.8. The van der Waals surface area contributed by atoms with Gasteiger partial charge in [-0.3, -0.25) is 19.4 Å². The highest BCUT2D eigenvalue weighted by Gasteiger charge is 2.31. The van der Waals surface area contributed by atoms with Crippen LogP contribution in [0.15, 0.2) is 35.0 Å². The van der Waals surface area contributed by atoms with Gasteiger partial charge in [0.2, 0.25) is 5.91 Å². The van der Waals surface area contributed by atoms with Gasteiger partial charge < -0.3 is 5.32 Å². The van der Waals surface area contributed by atoms with E-state index in [1.54, 1.807) is 6.07 Å². The molecular weight excluding hydrogens is 365 g/mol. The summed E-state index contributed by atoms with van der Waals surface area (Å²) in [7, 11) is 0. The Bertz CT molecular complexity index is 845. The number of Topliss-reactive ketones (excluding diaryl/α,β-unsaturated/α-hetero) is 1. The molecule has 1 unspecified atom stereocenters. The predicted octanol–water partition coefficient (Wildman–Crippen LogP) is 2.45. The highest BCUT2D eigenvalue weighted by molar-refractivity contribution is 7.08. The van der Waals surface area contributed by atoms with Crippen molar-refractivity contribution in [2.75, 3.05) is 32.7 Å². The van der Waals surface area contributed by atoms with Crippen molar-refractivity contribution >= 4 is 23.0 Å². The predicted molar refractivity (Wildman–Crippen MR) is 102 cm³/mol. The average molecular weight is 387 g/mol. The zero-order chi connectivity index (χ0) is 18.8. The fourth-order valence-electron chi connectivity index (χ4n) is 3.75. The molecule has 1 N–H and O–H groups in total. The molecular formula is C20H22FN3O2S. The molecule has 7 heteroatoms. The highest BCUT2D eigenvalue weighted by atomic mass is 32.1. The molecule has 2 aromatic rings. The SMILES string of the molecule is O=C(CN1CCN(Cc2ccccc2F)CC1)NC1CC(=O)c2cscc21. The van der Waals surface area contributed by atoms with Crippen LogP contribution in [0.3, 0.4) is 0 Å². The summed E-state index contributed by atoms with van der Waals surface area (Å²) >= 11 is 1.50. The highest BCUT2D eigenvalue weighted by Crippen LogP contribution is 2.33. The first-order valence-corrected chi connectivity index (χ1v) is 10.1. The molecule has 1 aromatic heterocycles. The molecule has 0 bridgehead atoms. The van der Waals surface area contributed by atoms with Crippen LogP contribution in [0.5, 0.6) is 0 Å². The molecule has 142 valence electrons. The lowest BCUT2D eigenvalue weighted by atomic mass is 10.1. The fraction of sp³-hybridized carbons (Fsp3) is 0.400. The van der Waals surface area contributed by atoms with Crippen molar-refractivity contribution in [2.24, 2.45) is 0 Å². The third-order valence-electron chi connectivity index (χ3n) is 5.28. The van der Waals surface area contributed by atoms with Crippen molar-refractivity contribution in [1.82, 2.24) is 15.1 Å². The lowest BCUT2D eigenvalue weighted by Crippen LogP contribution is -2.49. The molecule has 0 spiro atoms. The number of nitrogens with zero attached hydrogens (tertiary/aromatic N) is 2. The van der Waals surface area contributed by atoms with Gasteiger partial charge in [-0.25, -0.2) is 4.39 Å². The molecule has 4 rings (SSSR count). The zero-order valence-corrected chi connectivity index (χ0v) is 15.8. The smallest absolute Gasteiger partial charge is 0.234 e. The second-order valence-electron chi connectivity index (χ2n) is 7.13. The van der Waals surface area contributed by atoms with Crippen LogP contribution < -0.4 is 5.32 Å². The number of ketones is 1. The Morgan fingerprint density at radius 2 is 1.89 bits per heavy atom. The van der Waals surface area contributed by atoms with E-state index >= 15 is 0 Å². The van der Waals surface area contributed by atoms with Crippen LogP contribution in [-0.2, 0) is 11.3 Å². The number of halogens is 1. The number of hydrogen-bond donors (Lipinski definition) is 1. The van der Waals surface area contributed by atoms with Gasteiger partial charge in [-0.05, 0) is 17.0 Å². The summed E-state index contributed by atoms with van der Waals surface area (Å²) in [5, 5.41) is 6.81. The van der Waals surface area contributed by atoms with E-state index in [0.29, 0.717) is 25.1 Å². The van der Waals surface area contributed by atoms with Crippen molar-refractivity contribution < 1.29 is 14.0 Å². The Morgan fingerprint density at radius 1 is 1.15 bits per heavy atom. The van der Waals surface area contributed by atoms with Crippen LogP contribution in [0.4, 0.5) is 4.39 Å². The lowest BCUT2D eigenvalue weighted by molar-refractivity contribution is -0.123. The third-order valence-corrected chi connectivity index (χ3v) is 6.04. The standard InChI is InChI=1S/C20H22FN3O2S/c21-17-4-2-1-3-14(17)10-23-5-7-24(8-6-23)11-20(26)22-18-9-19(25)16-13-27-12-15(16)18/h1-4,12-13,18H,5-11H2,(H,22,26). The first kappa shape index (κ1) is 18.3. The van der Waals surface area contributed by atoms with Crippen molar-refractivity contribution in [2.45, 2.75) is 19.0 Å². The summed E-state index contributed by atoms with van der Waals surface area (Å²) in [4.78, 5) is 28.6. The topological polar surface area (TPSA) is 52.7 Å². The van der Waals surface area contributed by atoms with Crippen LogP contribution in [0.25, 0.3) is 0 Å². The average Bonchev–Trinajstić information content (AvgIpc) is 3.24. The number of rotatable bonds is 5. The molecule has 1 atom stereocenters. The lowest BCUT2D eigenvalue weighted by Gasteiger charge is -2.34. The summed E-state index contributed by atoms with van der Waals surface area (Å²) in [5.41, 5.74) is 2.42. The number of piperazine rings is 1. The van der Waals surface area contributed by atoms with Crippen LogP contribution >= 0.6 is 11.3 Å². The first-order chi connectivity index (χ1) is 13.1. The molecule has 1 aliphatic heterocycles. The van der Waals surface area contributed by atoms with E-state index in [9.17, 15) is 14.0 Å². The van der Waals surface area contributed by atoms with Crippen LogP contribution in [0.2, 0.25) is 0 Å². The van der Waals surface area contributed by atoms with Gasteiger partial charge in [0.15, 0.2) is 5.78 Å². The van der Waals surface area contributed by atoms with E-state index in [4.69, 9.17) is 0 Å². The molecule has 27 heavy (non-hydrogen) atoms. The summed E-state index contributed by atoms with van der Waals surface area (Å²) in [6.07, 6.45) is 0.361. The third kappa shape index (κ3) is 4.10. The molecule has 0 saturated carbocycles. The Morgan fingerprint density at radius 3 is 2.67 bits per heavy atom. The maximum Gasteiger partial charge on any atom is 0.234 e. The fourth-order valence-corrected chi connectivity index (χ4v) is 4.66. The number of fused-ring (bicyclic) bond motifs is 1. The number of amides is 1. The summed E-state index contributed by atoms with van der Waals surface area (Å²) in [6.45, 7) is 4.08. The Labute approximate surface area is 161 Å². The van der Waals surface area contributed by atoms with Gasteiger partial charge >= 0.3 is 0 Å². The Hall–Kier alpha value is -2.09. The van der Waals surface area contributed by atoms with Crippen molar-refractivity contribution in [3.63, 3.8) is 0 Å². The van der Waals surface area contributed by atoms with E-state index in [1.807, 2.05) is 22.9 Å². The molecule has 1 amide bonds. The molecule has 1 aliphatic carbocycles. The van der Waals surface area contributed by atoms with E-state index < -0.39 is 0 Å². The molecule has 1 aromatic carbocycles. The van der Waals surface area contributed by atoms with E-state index in [-0.39, 0.29) is 23.5 Å². The van der Waals surface area contributed by atoms with E-state index in [0.717, 1.165) is 37.3 Å². The van der Waals surface area contributed by atoms with Gasteiger partial charge in [0, 0.05) is 55.7 Å². The van der Waals surface area contributed by atoms with Gasteiger partial charge in [-0.1, -0.05) is 18.2 Å². The van der Waals surface area contributed by atoms with Crippen LogP contribution in [0.1, 0.15) is 33.9 Å². The minimum atomic E-state index is -0.186. The largest absolute Gasteiger partial charge is 0.348 e. The first-order valence-electron chi connectivity index (χ1n) is 9.17. The van der Waals surface area contributed by atoms with Gasteiger partial charge in [0.1, 0.15) is 5.82 Å². The monoisotopic (exact) mass is 387 g/mol. The van der Waals surface area contributed by atoms with Crippen molar-refractivity contribution in [1.29, 1.82) is 0 Å². The zero-order valence-electron chi connectivity index (χ0n) is 15.0. The number of carbonyl (C=O) groups is 2. The van der Waals surface area contributed by atoms with Gasteiger partial charge in [-0.15, -0.1) is 0 Å². The van der Waals surface area contributed by atoms with Crippen molar-refractivity contribution in [3.8, 4) is 0 Å². The normalized spacial score (nSPS) is 20.6. The second kappa shape index (κ2) is 7.88. The minimum absolute atomic E-state index is 0.0468. The van der Waals surface area contributed by atoms with Gasteiger partial charge in [-0.2, -0.15) is 11.3 Å². The maximum atomic E-state index is 13.8. The summed E-state index contributed by atoms with van der Waals surface area (Å²) < 4.78 is 13.8. The molecule has 1 fully saturated rings. The van der Waals surface area contributed by atoms with Gasteiger partial charge in [0.05, 0.1) is 12.6 Å². The molecule has 2 aliphatic rings. The van der Waals surface area contributed by atoms with Gasteiger partial charge in [0.25, 0.3) is 0 Å². The molecule has 2 heterocycles. The number of carbonyl (C=O) groups excluding carboxylic acids is 2. The quantitative estimate of drug-likeness (QED) is 0.856.